The van der Waals surface area contributed by atoms with Crippen LogP contribution in [0.2, 0.25) is 0 Å². The molecule has 0 bridgehead atoms. The quantitative estimate of drug-likeness (QED) is 0.757. The van der Waals surface area contributed by atoms with E-state index in [1.807, 2.05) is 23.3 Å². The molecular formula is C13H18N2OS. The van der Waals surface area contributed by atoms with Gasteiger partial charge < -0.3 is 4.90 Å². The molecule has 1 aromatic rings. The molecule has 2 heterocycles. The molecule has 0 aliphatic carbocycles. The second-order valence-corrected chi connectivity index (χ2v) is 5.20. The number of thioether (sulfide) groups is 1. The third-order valence-corrected chi connectivity index (χ3v) is 3.97. The summed E-state index contributed by atoms with van der Waals surface area (Å²) in [7, 11) is 0. The first-order chi connectivity index (χ1) is 8.24. The van der Waals surface area contributed by atoms with Crippen molar-refractivity contribution in [2.75, 3.05) is 12.8 Å². The number of carbonyl (C=O) groups excluding carboxylic acids is 1. The standard InChI is InChI=1S/C13H18N2OS/c1-10-6-3-4-9-15(10)13(16)11-7-5-8-14-12(11)17-2/h5,7-8,10H,3-4,6,9H2,1-2H3. The largest absolute Gasteiger partial charge is 0.336 e. The van der Waals surface area contributed by atoms with E-state index >= 15 is 0 Å². The molecule has 0 aromatic carbocycles. The van der Waals surface area contributed by atoms with Gasteiger partial charge in [0.15, 0.2) is 0 Å². The minimum Gasteiger partial charge on any atom is -0.336 e. The molecule has 1 aliphatic rings. The highest BCUT2D eigenvalue weighted by Gasteiger charge is 2.25. The van der Waals surface area contributed by atoms with E-state index in [0.29, 0.717) is 6.04 Å². The Labute approximate surface area is 107 Å². The summed E-state index contributed by atoms with van der Waals surface area (Å²) in [5.41, 5.74) is 0.744. The highest BCUT2D eigenvalue weighted by atomic mass is 32.2. The zero-order valence-electron chi connectivity index (χ0n) is 10.3. The van der Waals surface area contributed by atoms with Crippen LogP contribution < -0.4 is 0 Å². The van der Waals surface area contributed by atoms with E-state index in [1.165, 1.54) is 18.2 Å². The fourth-order valence-corrected chi connectivity index (χ4v) is 2.81. The van der Waals surface area contributed by atoms with E-state index in [1.54, 1.807) is 6.20 Å². The van der Waals surface area contributed by atoms with Gasteiger partial charge in [-0.2, -0.15) is 0 Å². The average Bonchev–Trinajstić information content (AvgIpc) is 2.38. The van der Waals surface area contributed by atoms with E-state index in [0.717, 1.165) is 30.0 Å². The number of hydrogen-bond acceptors (Lipinski definition) is 3. The predicted molar refractivity (Wildman–Crippen MR) is 70.4 cm³/mol. The molecule has 1 aromatic heterocycles. The molecule has 4 heteroatoms. The van der Waals surface area contributed by atoms with E-state index < -0.39 is 0 Å². The lowest BCUT2D eigenvalue weighted by molar-refractivity contribution is 0.0631. The van der Waals surface area contributed by atoms with Crippen LogP contribution in [0.25, 0.3) is 0 Å². The van der Waals surface area contributed by atoms with Gasteiger partial charge in [-0.15, -0.1) is 11.8 Å². The Hall–Kier alpha value is -1.03. The molecule has 1 saturated heterocycles. The molecule has 1 amide bonds. The highest BCUT2D eigenvalue weighted by Crippen LogP contribution is 2.23. The molecule has 0 spiro atoms. The minimum atomic E-state index is 0.134. The summed E-state index contributed by atoms with van der Waals surface area (Å²) < 4.78 is 0. The highest BCUT2D eigenvalue weighted by molar-refractivity contribution is 7.98. The molecule has 0 N–H and O–H groups in total. The van der Waals surface area contributed by atoms with Crippen molar-refractivity contribution in [2.45, 2.75) is 37.3 Å². The number of rotatable bonds is 2. The van der Waals surface area contributed by atoms with Gasteiger partial charge in [0, 0.05) is 18.8 Å². The zero-order valence-corrected chi connectivity index (χ0v) is 11.2. The first-order valence-electron chi connectivity index (χ1n) is 6.04. The van der Waals surface area contributed by atoms with Gasteiger partial charge in [0.1, 0.15) is 5.03 Å². The van der Waals surface area contributed by atoms with Gasteiger partial charge in [0.25, 0.3) is 5.91 Å². The van der Waals surface area contributed by atoms with Crippen molar-refractivity contribution in [3.05, 3.63) is 23.9 Å². The Bertz CT molecular complexity index is 408. The van der Waals surface area contributed by atoms with E-state index in [9.17, 15) is 4.79 Å². The SMILES string of the molecule is CSc1ncccc1C(=O)N1CCCCC1C. The summed E-state index contributed by atoms with van der Waals surface area (Å²) >= 11 is 1.53. The van der Waals surface area contributed by atoms with Gasteiger partial charge in [-0.25, -0.2) is 4.98 Å². The molecule has 1 unspecified atom stereocenters. The lowest BCUT2D eigenvalue weighted by Crippen LogP contribution is -2.42. The van der Waals surface area contributed by atoms with Gasteiger partial charge in [-0.3, -0.25) is 4.79 Å². The predicted octanol–water partition coefficient (Wildman–Crippen LogP) is 2.82. The minimum absolute atomic E-state index is 0.134. The lowest BCUT2D eigenvalue weighted by atomic mass is 10.0. The van der Waals surface area contributed by atoms with Gasteiger partial charge in [0.05, 0.1) is 5.56 Å². The maximum atomic E-state index is 12.5. The molecule has 1 aliphatic heterocycles. The van der Waals surface area contributed by atoms with Crippen LogP contribution in [0.5, 0.6) is 0 Å². The second-order valence-electron chi connectivity index (χ2n) is 4.40. The van der Waals surface area contributed by atoms with Crippen LogP contribution in [0.3, 0.4) is 0 Å². The van der Waals surface area contributed by atoms with Crippen molar-refractivity contribution in [1.29, 1.82) is 0 Å². The third-order valence-electron chi connectivity index (χ3n) is 3.26. The summed E-state index contributed by atoms with van der Waals surface area (Å²) in [6.45, 7) is 3.01. The zero-order chi connectivity index (χ0) is 12.3. The van der Waals surface area contributed by atoms with E-state index in [-0.39, 0.29) is 5.91 Å². The molecule has 17 heavy (non-hydrogen) atoms. The summed E-state index contributed by atoms with van der Waals surface area (Å²) in [6, 6.07) is 4.07. The van der Waals surface area contributed by atoms with Crippen LogP contribution in [-0.4, -0.2) is 34.6 Å². The Morgan fingerprint density at radius 2 is 2.35 bits per heavy atom. The van der Waals surface area contributed by atoms with Crippen molar-refractivity contribution in [2.24, 2.45) is 0 Å². The van der Waals surface area contributed by atoms with Crippen LogP contribution in [0.4, 0.5) is 0 Å². The maximum absolute atomic E-state index is 12.5. The monoisotopic (exact) mass is 250 g/mol. The van der Waals surface area contributed by atoms with Crippen LogP contribution in [0, 0.1) is 0 Å². The van der Waals surface area contributed by atoms with Crippen molar-refractivity contribution >= 4 is 17.7 Å². The number of pyridine rings is 1. The van der Waals surface area contributed by atoms with E-state index in [4.69, 9.17) is 0 Å². The molecular weight excluding hydrogens is 232 g/mol. The first-order valence-corrected chi connectivity index (χ1v) is 7.26. The molecule has 0 saturated carbocycles. The topological polar surface area (TPSA) is 33.2 Å². The Balaban J connectivity index is 2.23. The number of likely N-dealkylation sites (tertiary alicyclic amines) is 1. The molecule has 1 atom stereocenters. The van der Waals surface area contributed by atoms with Crippen molar-refractivity contribution in [3.63, 3.8) is 0 Å². The molecule has 2 rings (SSSR count). The van der Waals surface area contributed by atoms with Gasteiger partial charge in [-0.1, -0.05) is 0 Å². The summed E-state index contributed by atoms with van der Waals surface area (Å²) in [5.74, 6) is 0.134. The molecule has 0 radical (unpaired) electrons. The molecule has 1 fully saturated rings. The average molecular weight is 250 g/mol. The summed E-state index contributed by atoms with van der Waals surface area (Å²) in [5, 5.41) is 0.829. The van der Waals surface area contributed by atoms with Gasteiger partial charge >= 0.3 is 0 Å². The fraction of sp³-hybridized carbons (Fsp3) is 0.538. The van der Waals surface area contributed by atoms with Crippen LogP contribution >= 0.6 is 11.8 Å². The fourth-order valence-electron chi connectivity index (χ4n) is 2.27. The van der Waals surface area contributed by atoms with Crippen LogP contribution in [0.15, 0.2) is 23.4 Å². The van der Waals surface area contributed by atoms with Crippen molar-refractivity contribution in [1.82, 2.24) is 9.88 Å². The first kappa shape index (κ1) is 12.4. The number of piperidine rings is 1. The molecule has 92 valence electrons. The van der Waals surface area contributed by atoms with E-state index in [2.05, 4.69) is 11.9 Å². The van der Waals surface area contributed by atoms with Gasteiger partial charge in [0.2, 0.25) is 0 Å². The smallest absolute Gasteiger partial charge is 0.256 e. The van der Waals surface area contributed by atoms with Crippen LogP contribution in [-0.2, 0) is 0 Å². The number of amides is 1. The number of aromatic nitrogens is 1. The maximum Gasteiger partial charge on any atom is 0.256 e. The van der Waals surface area contributed by atoms with Crippen molar-refractivity contribution in [3.8, 4) is 0 Å². The Kier molecular flexibility index (Phi) is 4.05. The Morgan fingerprint density at radius 3 is 3.06 bits per heavy atom. The lowest BCUT2D eigenvalue weighted by Gasteiger charge is -2.33. The molecule has 3 nitrogen and oxygen atoms in total. The van der Waals surface area contributed by atoms with Gasteiger partial charge in [-0.05, 0) is 44.6 Å². The second kappa shape index (κ2) is 5.54. The summed E-state index contributed by atoms with van der Waals surface area (Å²) in [4.78, 5) is 18.7. The summed E-state index contributed by atoms with van der Waals surface area (Å²) in [6.07, 6.45) is 7.15. The number of carbonyl (C=O) groups is 1. The normalized spacial score (nSPS) is 20.4. The number of hydrogen-bond donors (Lipinski definition) is 0. The third kappa shape index (κ3) is 2.63. The van der Waals surface area contributed by atoms with Crippen LogP contribution in [0.1, 0.15) is 36.5 Å². The number of nitrogens with zero attached hydrogens (tertiary/aromatic N) is 2. The Morgan fingerprint density at radius 1 is 1.53 bits per heavy atom. The van der Waals surface area contributed by atoms with Crippen molar-refractivity contribution < 1.29 is 4.79 Å².